The maximum Gasteiger partial charge on any atom is 0.259 e. The van der Waals surface area contributed by atoms with Gasteiger partial charge in [-0.1, -0.05) is 18.2 Å². The van der Waals surface area contributed by atoms with Crippen LogP contribution in [0.5, 0.6) is 5.75 Å². The first-order valence-electron chi connectivity index (χ1n) is 10.9. The Kier molecular flexibility index (Phi) is 7.60. The molecule has 178 valence electrons. The highest BCUT2D eigenvalue weighted by atomic mass is 32.2. The molecule has 2 unspecified atom stereocenters. The second-order valence-electron chi connectivity index (χ2n) is 8.12. The topological polar surface area (TPSA) is 97.0 Å². The van der Waals surface area contributed by atoms with E-state index in [1.54, 1.807) is 23.9 Å². The van der Waals surface area contributed by atoms with Gasteiger partial charge in [0.1, 0.15) is 11.2 Å². The standard InChI is InChI=1S/C23H29N3O5S2/c1-16-3-6-19(13-17(16)2)31-14-22(27)25-23-24-21(15-32-23)18-4-7-20(8-5-18)33(28,29)26-9-11-30-12-10-26/h3-8,13,21,23-24H,9-12,14-15H2,1-2H3,(H,25,27). The Hall–Kier alpha value is -2.11. The van der Waals surface area contributed by atoms with Crippen molar-refractivity contribution < 1.29 is 22.7 Å². The molecule has 2 aromatic rings. The fraction of sp³-hybridized carbons (Fsp3) is 0.435. The zero-order chi connectivity index (χ0) is 23.4. The predicted molar refractivity (Wildman–Crippen MR) is 128 cm³/mol. The number of amides is 1. The molecular formula is C23H29N3O5S2. The fourth-order valence-electron chi connectivity index (χ4n) is 3.70. The zero-order valence-corrected chi connectivity index (χ0v) is 20.4. The van der Waals surface area contributed by atoms with Crippen LogP contribution in [0.15, 0.2) is 47.4 Å². The number of morpholine rings is 1. The van der Waals surface area contributed by atoms with Gasteiger partial charge in [0, 0.05) is 24.9 Å². The van der Waals surface area contributed by atoms with Crippen LogP contribution in [-0.4, -0.2) is 62.8 Å². The Morgan fingerprint density at radius 3 is 2.58 bits per heavy atom. The van der Waals surface area contributed by atoms with Gasteiger partial charge in [-0.2, -0.15) is 4.31 Å². The minimum atomic E-state index is -3.51. The van der Waals surface area contributed by atoms with Crippen LogP contribution in [0.4, 0.5) is 0 Å². The van der Waals surface area contributed by atoms with E-state index in [9.17, 15) is 13.2 Å². The van der Waals surface area contributed by atoms with E-state index in [4.69, 9.17) is 9.47 Å². The quantitative estimate of drug-likeness (QED) is 0.613. The van der Waals surface area contributed by atoms with Crippen LogP contribution in [0.1, 0.15) is 22.7 Å². The lowest BCUT2D eigenvalue weighted by atomic mass is 10.1. The second-order valence-corrected chi connectivity index (χ2v) is 11.2. The summed E-state index contributed by atoms with van der Waals surface area (Å²) in [4.78, 5) is 12.6. The summed E-state index contributed by atoms with van der Waals surface area (Å²) in [6, 6.07) is 12.7. The van der Waals surface area contributed by atoms with Gasteiger partial charge in [-0.05, 0) is 54.8 Å². The molecule has 0 radical (unpaired) electrons. The summed E-state index contributed by atoms with van der Waals surface area (Å²) in [5.41, 5.74) is 3.04. The van der Waals surface area contributed by atoms with Crippen molar-refractivity contribution in [2.45, 2.75) is 30.3 Å². The molecule has 4 rings (SSSR count). The first-order valence-corrected chi connectivity index (χ1v) is 13.4. The average molecular weight is 492 g/mol. The molecule has 8 nitrogen and oxygen atoms in total. The van der Waals surface area contributed by atoms with Crippen LogP contribution in [0, 0.1) is 13.8 Å². The summed E-state index contributed by atoms with van der Waals surface area (Å²) in [7, 11) is -3.51. The normalized spacial score (nSPS) is 21.6. The summed E-state index contributed by atoms with van der Waals surface area (Å²) in [6.45, 7) is 5.57. The number of sulfonamides is 1. The Bertz CT molecular complexity index is 1090. The van der Waals surface area contributed by atoms with Gasteiger partial charge in [-0.3, -0.25) is 10.1 Å². The van der Waals surface area contributed by atoms with E-state index < -0.39 is 10.0 Å². The van der Waals surface area contributed by atoms with Gasteiger partial charge >= 0.3 is 0 Å². The van der Waals surface area contributed by atoms with E-state index in [2.05, 4.69) is 10.6 Å². The lowest BCUT2D eigenvalue weighted by Crippen LogP contribution is -2.42. The molecule has 0 spiro atoms. The predicted octanol–water partition coefficient (Wildman–Crippen LogP) is 2.18. The number of benzene rings is 2. The van der Waals surface area contributed by atoms with Crippen LogP contribution >= 0.6 is 11.8 Å². The number of ether oxygens (including phenoxy) is 2. The smallest absolute Gasteiger partial charge is 0.259 e. The highest BCUT2D eigenvalue weighted by molar-refractivity contribution is 8.00. The number of thioether (sulfide) groups is 1. The molecule has 2 aromatic carbocycles. The lowest BCUT2D eigenvalue weighted by molar-refractivity contribution is -0.123. The largest absolute Gasteiger partial charge is 0.484 e. The van der Waals surface area contributed by atoms with Crippen molar-refractivity contribution in [3.8, 4) is 5.75 Å². The monoisotopic (exact) mass is 491 g/mol. The van der Waals surface area contributed by atoms with Gasteiger partial charge in [-0.25, -0.2) is 8.42 Å². The molecule has 33 heavy (non-hydrogen) atoms. The number of nitrogens with zero attached hydrogens (tertiary/aromatic N) is 1. The third kappa shape index (κ3) is 5.88. The van der Waals surface area contributed by atoms with Crippen molar-refractivity contribution in [3.63, 3.8) is 0 Å². The number of rotatable bonds is 7. The minimum absolute atomic E-state index is 0.0149. The SMILES string of the molecule is Cc1ccc(OCC(=O)NC2NC(c3ccc(S(=O)(=O)N4CCOCC4)cc3)CS2)cc1C. The molecule has 10 heteroatoms. The molecule has 0 aliphatic carbocycles. The molecule has 0 saturated carbocycles. The van der Waals surface area contributed by atoms with Crippen molar-refractivity contribution in [2.75, 3.05) is 38.7 Å². The van der Waals surface area contributed by atoms with E-state index in [0.29, 0.717) is 32.1 Å². The number of hydrogen-bond donors (Lipinski definition) is 2. The molecule has 2 N–H and O–H groups in total. The van der Waals surface area contributed by atoms with Crippen molar-refractivity contribution in [1.29, 1.82) is 0 Å². The summed E-state index contributed by atoms with van der Waals surface area (Å²) in [5, 5.41) is 6.30. The van der Waals surface area contributed by atoms with E-state index in [-0.39, 0.29) is 28.9 Å². The Morgan fingerprint density at radius 1 is 1.15 bits per heavy atom. The van der Waals surface area contributed by atoms with Crippen LogP contribution in [-0.2, 0) is 19.6 Å². The summed E-state index contributed by atoms with van der Waals surface area (Å²) >= 11 is 1.59. The third-order valence-corrected chi connectivity index (χ3v) is 8.84. The maximum absolute atomic E-state index is 12.8. The molecule has 0 bridgehead atoms. The molecule has 2 heterocycles. The van der Waals surface area contributed by atoms with Crippen LogP contribution in [0.3, 0.4) is 0 Å². The van der Waals surface area contributed by atoms with E-state index in [1.165, 1.54) is 9.87 Å². The number of nitrogens with one attached hydrogen (secondary N) is 2. The summed E-state index contributed by atoms with van der Waals surface area (Å²) in [6.07, 6.45) is 0. The van der Waals surface area contributed by atoms with Gasteiger partial charge in [-0.15, -0.1) is 11.8 Å². The Balaban J connectivity index is 1.28. The number of aryl methyl sites for hydroxylation is 2. The van der Waals surface area contributed by atoms with Crippen molar-refractivity contribution in [3.05, 3.63) is 59.2 Å². The molecule has 2 aliphatic rings. The van der Waals surface area contributed by atoms with Crippen molar-refractivity contribution in [1.82, 2.24) is 14.9 Å². The van der Waals surface area contributed by atoms with Crippen molar-refractivity contribution in [2.24, 2.45) is 0 Å². The molecule has 2 saturated heterocycles. The van der Waals surface area contributed by atoms with E-state index in [1.807, 2.05) is 44.2 Å². The lowest BCUT2D eigenvalue weighted by Gasteiger charge is -2.26. The molecule has 0 aromatic heterocycles. The average Bonchev–Trinajstić information content (AvgIpc) is 3.29. The first kappa shape index (κ1) is 24.0. The number of carbonyl (C=O) groups is 1. The summed E-state index contributed by atoms with van der Waals surface area (Å²) in [5.74, 6) is 1.23. The molecular weight excluding hydrogens is 462 g/mol. The molecule has 1 amide bonds. The molecule has 2 aliphatic heterocycles. The molecule has 2 atom stereocenters. The van der Waals surface area contributed by atoms with Crippen molar-refractivity contribution >= 4 is 27.7 Å². The van der Waals surface area contributed by atoms with Crippen LogP contribution in [0.2, 0.25) is 0 Å². The van der Waals surface area contributed by atoms with Gasteiger partial charge < -0.3 is 14.8 Å². The van der Waals surface area contributed by atoms with Gasteiger partial charge in [0.15, 0.2) is 6.61 Å². The zero-order valence-electron chi connectivity index (χ0n) is 18.7. The van der Waals surface area contributed by atoms with E-state index in [0.717, 1.165) is 16.9 Å². The third-order valence-electron chi connectivity index (χ3n) is 5.81. The Labute approximate surface area is 199 Å². The second kappa shape index (κ2) is 10.4. The fourth-order valence-corrected chi connectivity index (χ4v) is 6.25. The van der Waals surface area contributed by atoms with Gasteiger partial charge in [0.25, 0.3) is 5.91 Å². The van der Waals surface area contributed by atoms with Gasteiger partial charge in [0.2, 0.25) is 10.0 Å². The molecule has 2 fully saturated rings. The highest BCUT2D eigenvalue weighted by Gasteiger charge is 2.29. The first-order chi connectivity index (χ1) is 15.8. The van der Waals surface area contributed by atoms with Crippen LogP contribution < -0.4 is 15.4 Å². The Morgan fingerprint density at radius 2 is 1.88 bits per heavy atom. The van der Waals surface area contributed by atoms with Crippen LogP contribution in [0.25, 0.3) is 0 Å². The maximum atomic E-state index is 12.8. The highest BCUT2D eigenvalue weighted by Crippen LogP contribution is 2.29. The minimum Gasteiger partial charge on any atom is -0.484 e. The number of hydrogen-bond acceptors (Lipinski definition) is 7. The van der Waals surface area contributed by atoms with E-state index >= 15 is 0 Å². The number of carbonyl (C=O) groups excluding carboxylic acids is 1. The summed E-state index contributed by atoms with van der Waals surface area (Å²) < 4.78 is 37.9. The van der Waals surface area contributed by atoms with Gasteiger partial charge in [0.05, 0.1) is 18.1 Å².